The van der Waals surface area contributed by atoms with Crippen LogP contribution < -0.4 is 47.3 Å². The first-order valence-corrected chi connectivity index (χ1v) is 37.0. The van der Waals surface area contributed by atoms with Gasteiger partial charge in [0.1, 0.15) is 37.2 Å². The van der Waals surface area contributed by atoms with Crippen LogP contribution in [0.4, 0.5) is 35.4 Å². The smallest absolute Gasteiger partial charge is 0.411 e. The van der Waals surface area contributed by atoms with Crippen molar-refractivity contribution >= 4 is 70.3 Å². The van der Waals surface area contributed by atoms with Gasteiger partial charge in [0, 0.05) is 71.6 Å². The van der Waals surface area contributed by atoms with Crippen molar-refractivity contribution in [2.45, 2.75) is 160 Å². The fourth-order valence-electron chi connectivity index (χ4n) is 15.7. The number of nitrogens with one attached hydrogen (secondary N) is 6. The lowest BCUT2D eigenvalue weighted by Gasteiger charge is -2.63. The molecule has 0 bridgehead atoms. The number of Topliss-reactive ketones (excluding diaryl/α,β-unsaturated/α-hetero) is 1. The van der Waals surface area contributed by atoms with E-state index in [0.717, 1.165) is 22.8 Å². The molecule has 9 N–H and O–H groups in total. The molecular formula is C80H98F2N8O18. The summed E-state index contributed by atoms with van der Waals surface area (Å²) >= 11 is 0. The second kappa shape index (κ2) is 37.1. The standard InChI is InChI=1S/C80H98F2N8O18/c1-6-12-71-107-67-45-59-60-44-62(81)61-43-57(91)30-32-77(61,4)79(60,82)65(92)46-78(59,5)80(67,108-71)66(93)49-105-58-26-24-56(25-27-58)87-76(100)106-48-51-18-22-55(23-19-51)86-73(97)63(16-11-33-85-75(83)99)88-74(98)72(50(2)3)89-69(95)31-35-101-37-39-103-41-42-104-40-38-102-36-34-84-68(94)28-29-70(96)90-47-54-15-8-7-13-52(54)20-21-53-14-9-10-17-64(53)90/h7-10,13-15,17-19,22-27,30,32,43,50,59-60,62-63,65,67,71-72,92H,6,11-12,16,28-29,31,33-42,44-49H2,1-5H3,(H,84,94)(H,86,97)(H,87,100)(H,88,98)(H,89,95)(H3,83,85,99)/t59-,60-,62-,63-,65-,67+,71+,72-,77-,78-,79-,80+/m0/s1. The van der Waals surface area contributed by atoms with Crippen LogP contribution in [0.2, 0.25) is 0 Å². The Labute approximate surface area is 627 Å². The van der Waals surface area contributed by atoms with Gasteiger partial charge in [-0.2, -0.15) is 0 Å². The Kier molecular flexibility index (Phi) is 27.8. The van der Waals surface area contributed by atoms with E-state index in [2.05, 4.69) is 43.7 Å². The predicted octanol–water partition coefficient (Wildman–Crippen LogP) is 7.90. The van der Waals surface area contributed by atoms with Gasteiger partial charge in [0.2, 0.25) is 35.3 Å². The van der Waals surface area contributed by atoms with E-state index in [1.165, 1.54) is 19.1 Å². The van der Waals surface area contributed by atoms with Crippen LogP contribution in [0.5, 0.6) is 5.75 Å². The van der Waals surface area contributed by atoms with Gasteiger partial charge in [-0.3, -0.25) is 38.9 Å². The number of nitrogens with zero attached hydrogens (tertiary/aromatic N) is 1. The maximum Gasteiger partial charge on any atom is 0.411 e. The fourth-order valence-corrected chi connectivity index (χ4v) is 15.7. The lowest BCUT2D eigenvalue weighted by Crippen LogP contribution is -2.71. The Balaban J connectivity index is 0.593. The van der Waals surface area contributed by atoms with Gasteiger partial charge >= 0.3 is 12.1 Å². The number of allylic oxidation sites excluding steroid dienone is 4. The molecule has 12 atom stereocenters. The zero-order valence-corrected chi connectivity index (χ0v) is 61.6. The highest BCUT2D eigenvalue weighted by Crippen LogP contribution is 2.72. The number of hydrogen-bond acceptors (Lipinski definition) is 18. The second-order valence-electron chi connectivity index (χ2n) is 28.7. The first kappa shape index (κ1) is 81.1. The topological polar surface area (TPSA) is 349 Å². The van der Waals surface area contributed by atoms with Crippen molar-refractivity contribution in [1.29, 1.82) is 0 Å². The van der Waals surface area contributed by atoms with Gasteiger partial charge in [0.05, 0.1) is 77.3 Å². The molecular weight excluding hydrogens is 1400 g/mol. The summed E-state index contributed by atoms with van der Waals surface area (Å²) in [5.41, 5.74) is 2.94. The molecule has 2 heterocycles. The van der Waals surface area contributed by atoms with Crippen molar-refractivity contribution in [3.8, 4) is 17.6 Å². The third-order valence-corrected chi connectivity index (χ3v) is 21.2. The van der Waals surface area contributed by atoms with E-state index < -0.39 is 125 Å². The van der Waals surface area contributed by atoms with Crippen molar-refractivity contribution in [1.82, 2.24) is 21.3 Å². The minimum atomic E-state index is -2.35. The summed E-state index contributed by atoms with van der Waals surface area (Å²) in [4.78, 5) is 120. The molecule has 26 nitrogen and oxygen atoms in total. The maximum absolute atomic E-state index is 18.0. The highest BCUT2D eigenvalue weighted by Gasteiger charge is 2.80. The Morgan fingerprint density at radius 1 is 0.741 bits per heavy atom. The van der Waals surface area contributed by atoms with E-state index in [1.807, 2.05) is 55.5 Å². The number of urea groups is 1. The van der Waals surface area contributed by atoms with Crippen molar-refractivity contribution in [2.24, 2.45) is 34.3 Å². The SMILES string of the molecule is CCC[C@@H]1O[C@@H]2C[C@H]3[C@@H]4C[C@H](F)C5=CC(=O)C=C[C@]5(C)[C@@]4(F)[C@@H](O)C[C@]3(C)[C@]2(C(=O)COc2ccc(NC(=O)OCc3ccc(NC(=O)[C@H](CCCNC(N)=O)NC(=O)[C@@H](NC(=O)CCOCCOCCOCCOCCNC(=O)CCC(=O)N4Cc5ccccc5C#Cc5ccccc54)C(C)C)cc3)cc2)O1. The van der Waals surface area contributed by atoms with E-state index in [0.29, 0.717) is 61.8 Å². The number of fused-ring (bicyclic) bond motifs is 9. The number of carbonyl (C=O) groups is 9. The van der Waals surface area contributed by atoms with Gasteiger partial charge in [0.15, 0.2) is 23.3 Å². The largest absolute Gasteiger partial charge is 0.486 e. The molecule has 0 aromatic heterocycles. The lowest BCUT2D eigenvalue weighted by atomic mass is 9.44. The van der Waals surface area contributed by atoms with Crippen LogP contribution in [-0.2, 0) is 79.9 Å². The van der Waals surface area contributed by atoms with E-state index >= 15 is 8.78 Å². The normalized spacial score (nSPS) is 24.7. The molecule has 4 aromatic carbocycles. The number of aliphatic hydroxyl groups excluding tert-OH is 1. The monoisotopic (exact) mass is 1500 g/mol. The predicted molar refractivity (Wildman–Crippen MR) is 393 cm³/mol. The van der Waals surface area contributed by atoms with Crippen LogP contribution in [0.3, 0.4) is 0 Å². The number of aliphatic hydroxyl groups is 1. The molecule has 580 valence electrons. The molecule has 0 radical (unpaired) electrons. The molecule has 28 heteroatoms. The molecule has 3 saturated carbocycles. The first-order chi connectivity index (χ1) is 51.9. The molecule has 0 unspecified atom stereocenters. The summed E-state index contributed by atoms with van der Waals surface area (Å²) in [7, 11) is 0. The third-order valence-electron chi connectivity index (χ3n) is 21.2. The molecule has 2 aliphatic heterocycles. The van der Waals surface area contributed by atoms with E-state index in [9.17, 15) is 48.3 Å². The number of primary amides is 1. The Morgan fingerprint density at radius 2 is 1.40 bits per heavy atom. The van der Waals surface area contributed by atoms with Gasteiger partial charge in [-0.15, -0.1) is 0 Å². The first-order valence-electron chi connectivity index (χ1n) is 37.0. The molecule has 10 rings (SSSR count). The maximum atomic E-state index is 18.0. The Hall–Kier alpha value is -9.47. The number of ether oxygens (including phenoxy) is 8. The van der Waals surface area contributed by atoms with Crippen molar-refractivity contribution in [3.63, 3.8) is 0 Å². The van der Waals surface area contributed by atoms with Crippen molar-refractivity contribution in [3.05, 3.63) is 143 Å². The Bertz CT molecular complexity index is 4020. The van der Waals surface area contributed by atoms with Crippen molar-refractivity contribution in [2.75, 3.05) is 88.1 Å². The number of halogens is 2. The number of ketones is 2. The minimum Gasteiger partial charge on any atom is -0.486 e. The number of anilines is 3. The number of para-hydroxylation sites is 1. The van der Waals surface area contributed by atoms with Gasteiger partial charge in [-0.1, -0.05) is 94.5 Å². The highest BCUT2D eigenvalue weighted by atomic mass is 19.1. The highest BCUT2D eigenvalue weighted by molar-refractivity contribution is 6.02. The number of alkyl halides is 2. The van der Waals surface area contributed by atoms with Crippen molar-refractivity contribution < 1.29 is 94.9 Å². The molecule has 4 fully saturated rings. The number of rotatable bonds is 37. The molecule has 0 spiro atoms. The van der Waals surface area contributed by atoms with Gasteiger partial charge < -0.3 is 80.2 Å². The molecule has 4 aromatic rings. The summed E-state index contributed by atoms with van der Waals surface area (Å²) < 4.78 is 81.0. The van der Waals surface area contributed by atoms with Gasteiger partial charge in [0.25, 0.3) is 0 Å². The molecule has 6 aliphatic rings. The molecule has 8 amide bonds. The average Bonchev–Trinajstić information content (AvgIpc) is 1.44. The number of amides is 8. The number of hydrogen-bond donors (Lipinski definition) is 8. The summed E-state index contributed by atoms with van der Waals surface area (Å²) in [5.74, 6) is 1.55. The average molecular weight is 1500 g/mol. The quantitative estimate of drug-likeness (QED) is 0.0157. The van der Waals surface area contributed by atoms with Crippen LogP contribution in [-0.4, -0.2) is 179 Å². The van der Waals surface area contributed by atoms with Crippen LogP contribution in [0.1, 0.15) is 121 Å². The molecule has 1 saturated heterocycles. The van der Waals surface area contributed by atoms with Gasteiger partial charge in [-0.25, -0.2) is 18.4 Å². The van der Waals surface area contributed by atoms with Gasteiger partial charge in [-0.05, 0) is 141 Å². The minimum absolute atomic E-state index is 0.00375. The molecule has 108 heavy (non-hydrogen) atoms. The molecule has 4 aliphatic carbocycles. The Morgan fingerprint density at radius 3 is 2.10 bits per heavy atom. The van der Waals surface area contributed by atoms with Crippen LogP contribution in [0.15, 0.2) is 121 Å². The summed E-state index contributed by atoms with van der Waals surface area (Å²) in [6.45, 7) is 10.7. The van der Waals surface area contributed by atoms with Crippen LogP contribution in [0, 0.1) is 40.4 Å². The summed E-state index contributed by atoms with van der Waals surface area (Å²) in [6, 6.07) is 24.9. The lowest BCUT2D eigenvalue weighted by molar-refractivity contribution is -0.234. The number of carbonyl (C=O) groups excluding carboxylic acids is 9. The number of nitrogens with two attached hydrogens (primary N) is 1. The third kappa shape index (κ3) is 19.1. The van der Waals surface area contributed by atoms with E-state index in [-0.39, 0.29) is 127 Å². The fraction of sp³-hybridized carbons (Fsp3) is 0.512. The zero-order valence-electron chi connectivity index (χ0n) is 61.6. The summed E-state index contributed by atoms with van der Waals surface area (Å²) in [6.07, 6.45) is -0.776. The van der Waals surface area contributed by atoms with E-state index in [1.54, 1.807) is 74.2 Å². The van der Waals surface area contributed by atoms with Crippen LogP contribution in [0.25, 0.3) is 0 Å². The number of benzene rings is 4. The zero-order chi connectivity index (χ0) is 77.2. The second-order valence-corrected chi connectivity index (χ2v) is 28.7. The van der Waals surface area contributed by atoms with E-state index in [4.69, 9.17) is 43.6 Å². The van der Waals surface area contributed by atoms with Crippen LogP contribution >= 0.6 is 0 Å². The summed E-state index contributed by atoms with van der Waals surface area (Å²) in [5, 5.41) is 28.2.